The van der Waals surface area contributed by atoms with Crippen molar-refractivity contribution < 1.29 is 66.7 Å². The number of aliphatic hydroxyl groups is 2. The molecule has 0 aliphatic carbocycles. The first-order chi connectivity index (χ1) is 28.8. The molecule has 60 heavy (non-hydrogen) atoms. The smallest absolute Gasteiger partial charge is 0.462 e. The van der Waals surface area contributed by atoms with Gasteiger partial charge in [-0.2, -0.15) is 0 Å². The van der Waals surface area contributed by atoms with Crippen molar-refractivity contribution in [2.24, 2.45) is 0 Å². The van der Waals surface area contributed by atoms with Gasteiger partial charge in [0, 0.05) is 12.8 Å². The van der Waals surface area contributed by atoms with E-state index in [-0.39, 0.29) is 12.8 Å². The number of allylic oxidation sites excluding steroid dienone is 14. The van der Waals surface area contributed by atoms with Crippen LogP contribution in [-0.2, 0) is 41.8 Å². The molecule has 0 radical (unpaired) electrons. The second-order valence-electron chi connectivity index (χ2n) is 13.7. The van der Waals surface area contributed by atoms with Crippen LogP contribution in [0.25, 0.3) is 0 Å². The van der Waals surface area contributed by atoms with Crippen molar-refractivity contribution in [3.8, 4) is 0 Å². The number of ether oxygens (including phenoxy) is 2. The number of aliphatic hydroxyl groups excluding tert-OH is 2. The molecule has 4 atom stereocenters. The number of phosphoric ester groups is 2. The van der Waals surface area contributed by atoms with Crippen LogP contribution in [0.4, 0.5) is 0 Å². The normalized spacial score (nSPS) is 15.5. The van der Waals surface area contributed by atoms with Crippen LogP contribution in [0, 0.1) is 0 Å². The number of rotatable bonds is 38. The number of carbonyl (C=O) groups is 2. The minimum absolute atomic E-state index is 0.00706. The molecule has 0 bridgehead atoms. The number of esters is 2. The monoisotopic (exact) mass is 886 g/mol. The molecule has 0 aromatic carbocycles. The van der Waals surface area contributed by atoms with Crippen LogP contribution < -0.4 is 0 Å². The molecule has 0 spiro atoms. The Bertz CT molecular complexity index is 1440. The van der Waals surface area contributed by atoms with Crippen LogP contribution in [0.3, 0.4) is 0 Å². The summed E-state index contributed by atoms with van der Waals surface area (Å²) < 4.78 is 47.6. The predicted octanol–water partition coefficient (Wildman–Crippen LogP) is 9.53. The molecule has 0 saturated heterocycles. The molecule has 14 nitrogen and oxygen atoms in total. The molecular weight excluding hydrogens is 814 g/mol. The topological polar surface area (TPSA) is 216 Å². The third-order valence-electron chi connectivity index (χ3n) is 8.03. The summed E-state index contributed by atoms with van der Waals surface area (Å²) in [4.78, 5) is 52.6. The Hall–Kier alpha value is -3.00. The molecule has 0 aromatic rings. The average Bonchev–Trinajstić information content (AvgIpc) is 3.20. The minimum atomic E-state index is -4.88. The van der Waals surface area contributed by atoms with E-state index in [0.717, 1.165) is 44.9 Å². The number of unbranched alkanes of at least 4 members (excludes halogenated alkanes) is 6. The number of hydrogen-bond acceptors (Lipinski definition) is 11. The van der Waals surface area contributed by atoms with Gasteiger partial charge in [0.1, 0.15) is 12.7 Å². The van der Waals surface area contributed by atoms with Crippen molar-refractivity contribution >= 4 is 27.6 Å². The van der Waals surface area contributed by atoms with E-state index in [2.05, 4.69) is 71.5 Å². The Morgan fingerprint density at radius 2 is 1.10 bits per heavy atom. The van der Waals surface area contributed by atoms with Gasteiger partial charge in [-0.3, -0.25) is 23.2 Å². The summed E-state index contributed by atoms with van der Waals surface area (Å²) in [6, 6.07) is 0. The van der Waals surface area contributed by atoms with Crippen molar-refractivity contribution in [2.45, 2.75) is 141 Å². The van der Waals surface area contributed by atoms with Gasteiger partial charge in [-0.15, -0.1) is 0 Å². The molecular formula is C44H72O14P2. The summed E-state index contributed by atoms with van der Waals surface area (Å²) in [5.74, 6) is -1.19. The highest BCUT2D eigenvalue weighted by atomic mass is 31.2. The zero-order chi connectivity index (χ0) is 44.6. The van der Waals surface area contributed by atoms with Gasteiger partial charge in [0.25, 0.3) is 0 Å². The quantitative estimate of drug-likeness (QED) is 0.0128. The fraction of sp³-hybridized carbons (Fsp3) is 0.591. The second-order valence-corrected chi connectivity index (χ2v) is 16.4. The summed E-state index contributed by atoms with van der Waals surface area (Å²) in [5, 5.41) is 19.8. The molecule has 5 N–H and O–H groups in total. The predicted molar refractivity (Wildman–Crippen MR) is 236 cm³/mol. The first-order valence-corrected chi connectivity index (χ1v) is 24.1. The lowest BCUT2D eigenvalue weighted by atomic mass is 10.1. The molecule has 0 aliphatic rings. The molecule has 0 amide bonds. The first kappa shape index (κ1) is 57.0. The molecule has 0 heterocycles. The zero-order valence-corrected chi connectivity index (χ0v) is 37.4. The molecule has 0 saturated carbocycles. The highest BCUT2D eigenvalue weighted by molar-refractivity contribution is 7.47. The van der Waals surface area contributed by atoms with E-state index in [9.17, 15) is 33.8 Å². The van der Waals surface area contributed by atoms with Crippen LogP contribution in [0.1, 0.15) is 123 Å². The Morgan fingerprint density at radius 3 is 1.73 bits per heavy atom. The van der Waals surface area contributed by atoms with Gasteiger partial charge in [0.05, 0.1) is 25.9 Å². The second kappa shape index (κ2) is 38.9. The van der Waals surface area contributed by atoms with E-state index in [1.54, 1.807) is 12.2 Å². The Balaban J connectivity index is 4.79. The molecule has 0 rings (SSSR count). The Labute approximate surface area is 358 Å². The van der Waals surface area contributed by atoms with Crippen LogP contribution in [0.2, 0.25) is 0 Å². The lowest BCUT2D eigenvalue weighted by Gasteiger charge is -2.20. The van der Waals surface area contributed by atoms with Crippen molar-refractivity contribution in [1.82, 2.24) is 0 Å². The fourth-order valence-electron chi connectivity index (χ4n) is 4.82. The maximum absolute atomic E-state index is 12.6. The molecule has 2 unspecified atom stereocenters. The van der Waals surface area contributed by atoms with Crippen molar-refractivity contribution in [3.63, 3.8) is 0 Å². The highest BCUT2D eigenvalue weighted by Gasteiger charge is 2.28. The lowest BCUT2D eigenvalue weighted by molar-refractivity contribution is -0.161. The van der Waals surface area contributed by atoms with Gasteiger partial charge in [-0.1, -0.05) is 124 Å². The standard InChI is InChI=1S/C44H72O14P2/c1-3-5-7-9-11-12-13-14-15-16-17-18-22-26-30-34-43(47)54-38-42(39-57-60(52,53)56-37-41(46)36-55-59(49,50)51)58-44(48)35-31-27-23-20-19-21-25-29-33-40(45)32-28-24-10-8-6-4-2/h6,8,11-12,14-15,17-18,20-21,23-25,28-29,33,40-42,45-46H,3-5,7,9-10,13,16,19,22,26-27,30-32,34-39H2,1-2H3,(H,52,53)(H2,49,50,51)/b8-6-,12-11-,15-14-,18-17-,23-20-,25-21-,28-24-,33-29+/t40?,41-,42+/m0/s1. The first-order valence-electron chi connectivity index (χ1n) is 21.0. The average molecular weight is 887 g/mol. The molecule has 342 valence electrons. The third kappa shape index (κ3) is 41.7. The van der Waals surface area contributed by atoms with E-state index < -0.39 is 72.3 Å². The summed E-state index contributed by atoms with van der Waals surface area (Å²) in [6.45, 7) is 1.39. The van der Waals surface area contributed by atoms with Crippen LogP contribution in [-0.4, -0.2) is 81.6 Å². The van der Waals surface area contributed by atoms with Gasteiger partial charge in [0.15, 0.2) is 6.10 Å². The Morgan fingerprint density at radius 1 is 0.567 bits per heavy atom. The maximum atomic E-state index is 12.6. The van der Waals surface area contributed by atoms with Gasteiger partial charge in [-0.05, 0) is 83.5 Å². The van der Waals surface area contributed by atoms with Crippen molar-refractivity contribution in [2.75, 3.05) is 26.4 Å². The summed E-state index contributed by atoms with van der Waals surface area (Å²) in [7, 11) is -9.74. The Kier molecular flexibility index (Phi) is 36.9. The van der Waals surface area contributed by atoms with E-state index in [0.29, 0.717) is 32.1 Å². The molecule has 0 aromatic heterocycles. The molecule has 0 aliphatic heterocycles. The van der Waals surface area contributed by atoms with E-state index in [4.69, 9.17) is 23.8 Å². The third-order valence-corrected chi connectivity index (χ3v) is 9.46. The summed E-state index contributed by atoms with van der Waals surface area (Å²) >= 11 is 0. The van der Waals surface area contributed by atoms with Crippen molar-refractivity contribution in [1.29, 1.82) is 0 Å². The van der Waals surface area contributed by atoms with Crippen LogP contribution >= 0.6 is 15.6 Å². The summed E-state index contributed by atoms with van der Waals surface area (Å²) in [6.07, 6.45) is 41.6. The van der Waals surface area contributed by atoms with Gasteiger partial charge in [0.2, 0.25) is 0 Å². The van der Waals surface area contributed by atoms with Crippen LogP contribution in [0.5, 0.6) is 0 Å². The lowest BCUT2D eigenvalue weighted by Crippen LogP contribution is -2.29. The summed E-state index contributed by atoms with van der Waals surface area (Å²) in [5.41, 5.74) is 0. The van der Waals surface area contributed by atoms with Crippen LogP contribution in [0.15, 0.2) is 97.2 Å². The van der Waals surface area contributed by atoms with E-state index in [1.165, 1.54) is 19.3 Å². The fourth-order valence-corrected chi connectivity index (χ4v) is 5.98. The minimum Gasteiger partial charge on any atom is -0.462 e. The van der Waals surface area contributed by atoms with Crippen molar-refractivity contribution in [3.05, 3.63) is 97.2 Å². The van der Waals surface area contributed by atoms with Gasteiger partial charge < -0.3 is 34.4 Å². The molecule has 16 heteroatoms. The van der Waals surface area contributed by atoms with Gasteiger partial charge in [-0.25, -0.2) is 9.13 Å². The largest absolute Gasteiger partial charge is 0.472 e. The number of carbonyl (C=O) groups excluding carboxylic acids is 2. The zero-order valence-electron chi connectivity index (χ0n) is 35.6. The highest BCUT2D eigenvalue weighted by Crippen LogP contribution is 2.43. The van der Waals surface area contributed by atoms with E-state index in [1.807, 2.05) is 36.5 Å². The van der Waals surface area contributed by atoms with E-state index >= 15 is 0 Å². The van der Waals surface area contributed by atoms with Gasteiger partial charge >= 0.3 is 27.6 Å². The SMILES string of the molecule is CC/C=C\C/C=C\CC(O)/C=C/C=C\C/C=C\CCCC(=O)O[C@H](COC(=O)CCCC/C=C\C/C=C\C/C=C\CCCCC)COP(=O)(O)OC[C@@H](O)COP(=O)(O)O. The number of phosphoric acid groups is 2. The number of hydrogen-bond donors (Lipinski definition) is 5. The maximum Gasteiger partial charge on any atom is 0.472 e. The molecule has 0 fully saturated rings.